The van der Waals surface area contributed by atoms with Gasteiger partial charge in [0, 0.05) is 13.5 Å². The van der Waals surface area contributed by atoms with Gasteiger partial charge in [0.25, 0.3) is 0 Å². The molecule has 0 aliphatic rings. The van der Waals surface area contributed by atoms with Gasteiger partial charge in [-0.15, -0.1) is 0 Å². The molecule has 0 saturated heterocycles. The third-order valence-corrected chi connectivity index (χ3v) is 2.19. The number of carbonyl (C=O) groups is 1. The van der Waals surface area contributed by atoms with Gasteiger partial charge in [-0.05, 0) is 24.5 Å². The Labute approximate surface area is 88.7 Å². The van der Waals surface area contributed by atoms with Crippen LogP contribution in [0.3, 0.4) is 0 Å². The molecule has 0 unspecified atom stereocenters. The number of hydrazine groups is 1. The van der Waals surface area contributed by atoms with Gasteiger partial charge in [0.05, 0.1) is 0 Å². The zero-order valence-corrected chi connectivity index (χ0v) is 8.74. The number of rotatable bonds is 4. The Morgan fingerprint density at radius 2 is 2.13 bits per heavy atom. The normalized spacial score (nSPS) is 10.1. The van der Waals surface area contributed by atoms with Gasteiger partial charge < -0.3 is 0 Å². The molecule has 0 radical (unpaired) electrons. The molecule has 0 heterocycles. The van der Waals surface area contributed by atoms with Crippen molar-refractivity contribution >= 4 is 5.91 Å². The van der Waals surface area contributed by atoms with Crippen molar-refractivity contribution in [2.24, 2.45) is 5.84 Å². The molecule has 0 saturated carbocycles. The Morgan fingerprint density at radius 1 is 1.47 bits per heavy atom. The second-order valence-corrected chi connectivity index (χ2v) is 3.45. The number of benzene rings is 1. The van der Waals surface area contributed by atoms with Crippen molar-refractivity contribution in [3.8, 4) is 0 Å². The van der Waals surface area contributed by atoms with Gasteiger partial charge in [0.1, 0.15) is 5.82 Å². The lowest BCUT2D eigenvalue weighted by atomic mass is 10.1. The molecule has 0 atom stereocenters. The zero-order chi connectivity index (χ0) is 11.3. The summed E-state index contributed by atoms with van der Waals surface area (Å²) in [6, 6.07) is 6.59. The molecule has 0 bridgehead atoms. The van der Waals surface area contributed by atoms with Crippen LogP contribution in [0, 0.1) is 5.82 Å². The number of nitrogens with two attached hydrogens (primary N) is 1. The van der Waals surface area contributed by atoms with E-state index in [4.69, 9.17) is 5.84 Å². The number of hydrogen-bond donors (Lipinski definition) is 1. The van der Waals surface area contributed by atoms with Gasteiger partial charge in [0.2, 0.25) is 5.91 Å². The van der Waals surface area contributed by atoms with E-state index in [0.29, 0.717) is 24.8 Å². The Hall–Kier alpha value is -1.42. The van der Waals surface area contributed by atoms with Gasteiger partial charge in [0.15, 0.2) is 0 Å². The van der Waals surface area contributed by atoms with Gasteiger partial charge in [-0.1, -0.05) is 18.2 Å². The van der Waals surface area contributed by atoms with E-state index in [1.807, 2.05) is 0 Å². The second kappa shape index (κ2) is 5.46. The van der Waals surface area contributed by atoms with E-state index in [-0.39, 0.29) is 11.7 Å². The van der Waals surface area contributed by atoms with Crippen LogP contribution < -0.4 is 5.84 Å². The number of hydrogen-bond acceptors (Lipinski definition) is 2. The van der Waals surface area contributed by atoms with E-state index in [0.717, 1.165) is 5.01 Å². The highest BCUT2D eigenvalue weighted by molar-refractivity contribution is 5.75. The van der Waals surface area contributed by atoms with Crippen molar-refractivity contribution in [3.05, 3.63) is 35.6 Å². The predicted octanol–water partition coefficient (Wildman–Crippen LogP) is 1.48. The Balaban J connectivity index is 2.38. The lowest BCUT2D eigenvalue weighted by molar-refractivity contribution is -0.130. The molecule has 3 nitrogen and oxygen atoms in total. The number of carbonyl (C=O) groups excluding carboxylic acids is 1. The van der Waals surface area contributed by atoms with Crippen LogP contribution in [-0.2, 0) is 11.2 Å². The average molecular weight is 210 g/mol. The van der Waals surface area contributed by atoms with Crippen LogP contribution in [0.25, 0.3) is 0 Å². The summed E-state index contributed by atoms with van der Waals surface area (Å²) in [7, 11) is 1.51. The summed E-state index contributed by atoms with van der Waals surface area (Å²) in [4.78, 5) is 11.1. The molecular formula is C11H15FN2O. The van der Waals surface area contributed by atoms with Crippen LogP contribution in [0.5, 0.6) is 0 Å². The fourth-order valence-corrected chi connectivity index (χ4v) is 1.31. The summed E-state index contributed by atoms with van der Waals surface area (Å²) in [6.45, 7) is 0. The number of amides is 1. The van der Waals surface area contributed by atoms with Crippen molar-refractivity contribution in [2.75, 3.05) is 7.05 Å². The van der Waals surface area contributed by atoms with E-state index >= 15 is 0 Å². The monoisotopic (exact) mass is 210 g/mol. The van der Waals surface area contributed by atoms with Gasteiger partial charge >= 0.3 is 0 Å². The van der Waals surface area contributed by atoms with Crippen LogP contribution in [0.4, 0.5) is 4.39 Å². The fraction of sp³-hybridized carbons (Fsp3) is 0.364. The maximum Gasteiger partial charge on any atom is 0.236 e. The summed E-state index contributed by atoms with van der Waals surface area (Å²) in [5, 5.41) is 1.06. The first-order chi connectivity index (χ1) is 7.11. The van der Waals surface area contributed by atoms with Gasteiger partial charge in [-0.2, -0.15) is 0 Å². The van der Waals surface area contributed by atoms with Crippen LogP contribution in [0.2, 0.25) is 0 Å². The number of aryl methyl sites for hydroxylation is 1. The topological polar surface area (TPSA) is 46.3 Å². The average Bonchev–Trinajstić information content (AvgIpc) is 2.20. The second-order valence-electron chi connectivity index (χ2n) is 3.45. The first-order valence-corrected chi connectivity index (χ1v) is 4.86. The summed E-state index contributed by atoms with van der Waals surface area (Å²) in [6.07, 6.45) is 1.52. The van der Waals surface area contributed by atoms with Gasteiger partial charge in [-0.3, -0.25) is 9.80 Å². The first-order valence-electron chi connectivity index (χ1n) is 4.86. The molecule has 0 spiro atoms. The molecule has 1 amide bonds. The molecule has 15 heavy (non-hydrogen) atoms. The Kier molecular flexibility index (Phi) is 4.24. The smallest absolute Gasteiger partial charge is 0.236 e. The van der Waals surface area contributed by atoms with E-state index in [2.05, 4.69) is 0 Å². The van der Waals surface area contributed by atoms with Crippen molar-refractivity contribution in [1.82, 2.24) is 5.01 Å². The number of nitrogens with zero attached hydrogens (tertiary/aromatic N) is 1. The lowest BCUT2D eigenvalue weighted by Crippen LogP contribution is -2.32. The van der Waals surface area contributed by atoms with Crippen molar-refractivity contribution in [3.63, 3.8) is 0 Å². The predicted molar refractivity (Wildman–Crippen MR) is 56.3 cm³/mol. The highest BCUT2D eigenvalue weighted by Gasteiger charge is 2.05. The van der Waals surface area contributed by atoms with Crippen LogP contribution in [0.15, 0.2) is 24.3 Å². The standard InChI is InChI=1S/C11H15FN2O/c1-14(13)11(15)8-4-6-9-5-2-3-7-10(9)12/h2-3,5,7H,4,6,8,13H2,1H3. The van der Waals surface area contributed by atoms with Crippen LogP contribution in [-0.4, -0.2) is 18.0 Å². The van der Waals surface area contributed by atoms with E-state index in [1.165, 1.54) is 13.1 Å². The molecule has 0 aromatic heterocycles. The molecule has 82 valence electrons. The van der Waals surface area contributed by atoms with Gasteiger partial charge in [-0.25, -0.2) is 10.2 Å². The van der Waals surface area contributed by atoms with Crippen LogP contribution in [0.1, 0.15) is 18.4 Å². The first kappa shape index (κ1) is 11.7. The largest absolute Gasteiger partial charge is 0.284 e. The molecule has 0 aliphatic carbocycles. The Bertz CT molecular complexity index is 339. The molecule has 1 aromatic carbocycles. The van der Waals surface area contributed by atoms with E-state index in [1.54, 1.807) is 18.2 Å². The highest BCUT2D eigenvalue weighted by atomic mass is 19.1. The molecule has 0 aliphatic heterocycles. The van der Waals surface area contributed by atoms with E-state index in [9.17, 15) is 9.18 Å². The van der Waals surface area contributed by atoms with E-state index < -0.39 is 0 Å². The summed E-state index contributed by atoms with van der Waals surface area (Å²) in [5.41, 5.74) is 0.643. The molecule has 0 fully saturated rings. The molecule has 4 heteroatoms. The minimum absolute atomic E-state index is 0.133. The maximum atomic E-state index is 13.2. The quantitative estimate of drug-likeness (QED) is 0.465. The zero-order valence-electron chi connectivity index (χ0n) is 8.74. The maximum absolute atomic E-state index is 13.2. The molecule has 2 N–H and O–H groups in total. The lowest BCUT2D eigenvalue weighted by Gasteiger charge is -2.09. The minimum Gasteiger partial charge on any atom is -0.284 e. The summed E-state index contributed by atoms with van der Waals surface area (Å²) in [5.74, 6) is 4.91. The van der Waals surface area contributed by atoms with Crippen molar-refractivity contribution in [2.45, 2.75) is 19.3 Å². The molecule has 1 aromatic rings. The molecule has 1 rings (SSSR count). The van der Waals surface area contributed by atoms with Crippen LogP contribution >= 0.6 is 0 Å². The number of halogens is 1. The third kappa shape index (κ3) is 3.67. The summed E-state index contributed by atoms with van der Waals surface area (Å²) < 4.78 is 13.2. The summed E-state index contributed by atoms with van der Waals surface area (Å²) >= 11 is 0. The fourth-order valence-electron chi connectivity index (χ4n) is 1.31. The molecular weight excluding hydrogens is 195 g/mol. The SMILES string of the molecule is CN(N)C(=O)CCCc1ccccc1F. The van der Waals surface area contributed by atoms with Crippen molar-refractivity contribution in [1.29, 1.82) is 0 Å². The third-order valence-electron chi connectivity index (χ3n) is 2.19. The van der Waals surface area contributed by atoms with Crippen molar-refractivity contribution < 1.29 is 9.18 Å². The Morgan fingerprint density at radius 3 is 2.73 bits per heavy atom. The highest BCUT2D eigenvalue weighted by Crippen LogP contribution is 2.10. The minimum atomic E-state index is -0.217.